The van der Waals surface area contributed by atoms with Crippen molar-refractivity contribution in [1.82, 2.24) is 5.32 Å². The highest BCUT2D eigenvalue weighted by atomic mass is 32.2. The van der Waals surface area contributed by atoms with E-state index in [-0.39, 0.29) is 36.0 Å². The van der Waals surface area contributed by atoms with Crippen LogP contribution < -0.4 is 5.32 Å². The highest BCUT2D eigenvalue weighted by Gasteiger charge is 2.23. The summed E-state index contributed by atoms with van der Waals surface area (Å²) in [4.78, 5) is 49.3. The van der Waals surface area contributed by atoms with Crippen molar-refractivity contribution in [2.75, 3.05) is 18.1 Å². The quantitative estimate of drug-likeness (QED) is 0.0472. The molecule has 0 rings (SSSR count). The number of carboxylic acids is 1. The van der Waals surface area contributed by atoms with E-state index >= 15 is 0 Å². The number of carbonyl (C=O) groups is 4. The van der Waals surface area contributed by atoms with Crippen LogP contribution in [0.1, 0.15) is 213 Å². The summed E-state index contributed by atoms with van der Waals surface area (Å²) in [7, 11) is 0. The van der Waals surface area contributed by atoms with E-state index in [1.54, 1.807) is 0 Å². The van der Waals surface area contributed by atoms with E-state index in [0.29, 0.717) is 19.3 Å². The molecule has 300 valence electrons. The summed E-state index contributed by atoms with van der Waals surface area (Å²) in [6, 6.07) is -1.03. The minimum atomic E-state index is -1.09. The summed E-state index contributed by atoms with van der Waals surface area (Å²) < 4.78 is 11.1. The molecular formula is C42H79NO7S. The molecule has 1 amide bonds. The van der Waals surface area contributed by atoms with Crippen LogP contribution in [0.15, 0.2) is 0 Å². The highest BCUT2D eigenvalue weighted by Crippen LogP contribution is 2.16. The lowest BCUT2D eigenvalue weighted by molar-refractivity contribution is -0.157. The van der Waals surface area contributed by atoms with Crippen LogP contribution in [0.4, 0.5) is 0 Å². The van der Waals surface area contributed by atoms with Gasteiger partial charge in [0.1, 0.15) is 18.8 Å². The third-order valence-electron chi connectivity index (χ3n) is 9.43. The van der Waals surface area contributed by atoms with Gasteiger partial charge in [-0.15, -0.1) is 0 Å². The number of nitrogens with one attached hydrogen (secondary N) is 1. The van der Waals surface area contributed by atoms with Gasteiger partial charge in [0.15, 0.2) is 0 Å². The molecule has 0 saturated carbocycles. The normalized spacial score (nSPS) is 12.4. The average Bonchev–Trinajstić information content (AvgIpc) is 3.11. The second kappa shape index (κ2) is 38.0. The Morgan fingerprint density at radius 1 is 0.510 bits per heavy atom. The standard InChI is InChI=1S/C42H79NO7S/c1-4-7-10-13-14-15-16-17-18-19-20-21-22-23-24-27-28-31-39(44)43-38(42(47)48)36-51-35-37(50-41(46)33-30-26-12-9-6-3)34-49-40(45)32-29-25-11-8-5-2/h37-38H,4-36H2,1-3H3,(H,43,44)(H,47,48)/t37-,38+/m1/s1. The zero-order chi connectivity index (χ0) is 37.6. The molecule has 0 aliphatic heterocycles. The second-order valence-electron chi connectivity index (χ2n) is 14.5. The lowest BCUT2D eigenvalue weighted by Crippen LogP contribution is -2.42. The number of hydrogen-bond acceptors (Lipinski definition) is 7. The molecule has 0 fully saturated rings. The molecule has 0 radical (unpaired) electrons. The molecule has 0 aromatic heterocycles. The number of rotatable bonds is 39. The number of amides is 1. The molecule has 9 heteroatoms. The van der Waals surface area contributed by atoms with Gasteiger partial charge in [-0.3, -0.25) is 14.4 Å². The molecule has 51 heavy (non-hydrogen) atoms. The van der Waals surface area contributed by atoms with Gasteiger partial charge in [0.2, 0.25) is 5.91 Å². The zero-order valence-corrected chi connectivity index (χ0v) is 34.1. The Hall–Kier alpha value is -1.77. The van der Waals surface area contributed by atoms with Crippen molar-refractivity contribution >= 4 is 35.6 Å². The van der Waals surface area contributed by atoms with Gasteiger partial charge in [0.05, 0.1) is 0 Å². The molecule has 0 unspecified atom stereocenters. The van der Waals surface area contributed by atoms with Crippen molar-refractivity contribution in [2.24, 2.45) is 0 Å². The smallest absolute Gasteiger partial charge is 0.327 e. The van der Waals surface area contributed by atoms with Crippen molar-refractivity contribution in [2.45, 2.75) is 226 Å². The third-order valence-corrected chi connectivity index (χ3v) is 10.6. The number of carbonyl (C=O) groups excluding carboxylic acids is 3. The number of carboxylic acid groups (broad SMARTS) is 1. The number of ether oxygens (including phenoxy) is 2. The summed E-state index contributed by atoms with van der Waals surface area (Å²) in [5.74, 6) is -1.56. The van der Waals surface area contributed by atoms with E-state index in [0.717, 1.165) is 83.5 Å². The predicted molar refractivity (Wildman–Crippen MR) is 213 cm³/mol. The Balaban J connectivity index is 4.30. The third kappa shape index (κ3) is 35.0. The summed E-state index contributed by atoms with van der Waals surface area (Å²) in [5, 5.41) is 12.4. The fourth-order valence-corrected chi connectivity index (χ4v) is 7.16. The van der Waals surface area contributed by atoms with Crippen LogP contribution >= 0.6 is 11.8 Å². The summed E-state index contributed by atoms with van der Waals surface area (Å²) in [6.45, 7) is 6.51. The average molecular weight is 742 g/mol. The molecule has 0 aromatic rings. The van der Waals surface area contributed by atoms with Gasteiger partial charge in [-0.1, -0.05) is 175 Å². The maximum atomic E-state index is 12.5. The first-order chi connectivity index (χ1) is 24.8. The second-order valence-corrected chi connectivity index (χ2v) is 15.6. The Morgan fingerprint density at radius 2 is 0.882 bits per heavy atom. The molecule has 2 atom stereocenters. The number of thioether (sulfide) groups is 1. The van der Waals surface area contributed by atoms with E-state index < -0.39 is 18.1 Å². The fourth-order valence-electron chi connectivity index (χ4n) is 6.13. The highest BCUT2D eigenvalue weighted by molar-refractivity contribution is 7.99. The first-order valence-electron chi connectivity index (χ1n) is 21.3. The van der Waals surface area contributed by atoms with Crippen LogP contribution in [-0.4, -0.2) is 59.2 Å². The first-order valence-corrected chi connectivity index (χ1v) is 22.4. The van der Waals surface area contributed by atoms with Gasteiger partial charge in [-0.25, -0.2) is 4.79 Å². The van der Waals surface area contributed by atoms with E-state index in [1.165, 1.54) is 102 Å². The minimum absolute atomic E-state index is 0.0498. The van der Waals surface area contributed by atoms with Gasteiger partial charge in [0.25, 0.3) is 0 Å². The molecule has 8 nitrogen and oxygen atoms in total. The maximum absolute atomic E-state index is 12.5. The summed E-state index contributed by atoms with van der Waals surface area (Å²) in [6.07, 6.45) is 32.2. The van der Waals surface area contributed by atoms with E-state index in [4.69, 9.17) is 9.47 Å². The fraction of sp³-hybridized carbons (Fsp3) is 0.905. The van der Waals surface area contributed by atoms with E-state index in [2.05, 4.69) is 26.1 Å². The van der Waals surface area contributed by atoms with E-state index in [9.17, 15) is 24.3 Å². The van der Waals surface area contributed by atoms with Crippen molar-refractivity contribution in [1.29, 1.82) is 0 Å². The minimum Gasteiger partial charge on any atom is -0.480 e. The van der Waals surface area contributed by atoms with Crippen molar-refractivity contribution in [3.05, 3.63) is 0 Å². The lowest BCUT2D eigenvalue weighted by atomic mass is 10.0. The number of aliphatic carboxylic acids is 1. The number of unbranched alkanes of at least 4 members (excludes halogenated alkanes) is 24. The largest absolute Gasteiger partial charge is 0.480 e. The molecule has 0 aliphatic carbocycles. The molecule has 0 bridgehead atoms. The van der Waals surface area contributed by atoms with Crippen LogP contribution in [0.2, 0.25) is 0 Å². The predicted octanol–water partition coefficient (Wildman–Crippen LogP) is 11.5. The number of esters is 2. The SMILES string of the molecule is CCCCCCCCCCCCCCCCCCCC(=O)N[C@@H](CSC[C@@H](COC(=O)CCCCCCC)OC(=O)CCCCCCC)C(=O)O. The van der Waals surface area contributed by atoms with Gasteiger partial charge >= 0.3 is 17.9 Å². The van der Waals surface area contributed by atoms with Crippen molar-refractivity contribution in [3.8, 4) is 0 Å². The van der Waals surface area contributed by atoms with E-state index in [1.807, 2.05) is 0 Å². The van der Waals surface area contributed by atoms with Gasteiger partial charge in [-0.2, -0.15) is 11.8 Å². The topological polar surface area (TPSA) is 119 Å². The Morgan fingerprint density at radius 3 is 1.29 bits per heavy atom. The maximum Gasteiger partial charge on any atom is 0.327 e. The van der Waals surface area contributed by atoms with Crippen LogP contribution in [0.25, 0.3) is 0 Å². The number of hydrogen-bond donors (Lipinski definition) is 2. The molecule has 2 N–H and O–H groups in total. The summed E-state index contributed by atoms with van der Waals surface area (Å²) >= 11 is 1.28. The van der Waals surface area contributed by atoms with Crippen LogP contribution in [0.5, 0.6) is 0 Å². The van der Waals surface area contributed by atoms with Crippen LogP contribution in [0, 0.1) is 0 Å². The van der Waals surface area contributed by atoms with Gasteiger partial charge in [-0.05, 0) is 19.3 Å². The molecule has 0 aliphatic rings. The Kier molecular flexibility index (Phi) is 36.7. The molecular weight excluding hydrogens is 663 g/mol. The van der Waals surface area contributed by atoms with Gasteiger partial charge in [0, 0.05) is 30.8 Å². The van der Waals surface area contributed by atoms with Crippen molar-refractivity contribution < 1.29 is 33.8 Å². The van der Waals surface area contributed by atoms with Crippen LogP contribution in [0.3, 0.4) is 0 Å². The molecule has 0 saturated heterocycles. The Labute approximate surface area is 317 Å². The lowest BCUT2D eigenvalue weighted by Gasteiger charge is -2.19. The zero-order valence-electron chi connectivity index (χ0n) is 33.3. The molecule has 0 spiro atoms. The van der Waals surface area contributed by atoms with Crippen LogP contribution in [-0.2, 0) is 28.7 Å². The monoisotopic (exact) mass is 742 g/mol. The first kappa shape index (κ1) is 49.2. The molecule has 0 heterocycles. The summed E-state index contributed by atoms with van der Waals surface area (Å²) in [5.41, 5.74) is 0. The van der Waals surface area contributed by atoms with Gasteiger partial charge < -0.3 is 19.9 Å². The molecule has 0 aromatic carbocycles. The van der Waals surface area contributed by atoms with Crippen molar-refractivity contribution in [3.63, 3.8) is 0 Å². The Bertz CT molecular complexity index is 840.